The largest absolute Gasteiger partial charge is 0.466 e. The molecule has 0 spiro atoms. The highest BCUT2D eigenvalue weighted by Crippen LogP contribution is 2.18. The monoisotopic (exact) mass is 281 g/mol. The molecule has 2 amide bonds. The van der Waals surface area contributed by atoms with Gasteiger partial charge in [-0.05, 0) is 13.8 Å². The first-order valence-corrected chi connectivity index (χ1v) is 5.85. The van der Waals surface area contributed by atoms with Gasteiger partial charge in [0.1, 0.15) is 6.61 Å². The summed E-state index contributed by atoms with van der Waals surface area (Å²) in [5.41, 5.74) is 0.791. The third-order valence-corrected chi connectivity index (χ3v) is 2.81. The summed E-state index contributed by atoms with van der Waals surface area (Å²) in [5.74, 6) is -2.19. The number of hydrogen-bond donors (Lipinski definition) is 0. The van der Waals surface area contributed by atoms with Crippen molar-refractivity contribution in [3.63, 3.8) is 0 Å². The van der Waals surface area contributed by atoms with Crippen molar-refractivity contribution < 1.29 is 28.7 Å². The summed E-state index contributed by atoms with van der Waals surface area (Å²) in [7, 11) is 1.18. The van der Waals surface area contributed by atoms with Crippen LogP contribution in [0.1, 0.15) is 13.8 Å². The zero-order valence-electron chi connectivity index (χ0n) is 11.5. The van der Waals surface area contributed by atoms with Crippen LogP contribution in [0.15, 0.2) is 23.3 Å². The van der Waals surface area contributed by atoms with Crippen molar-refractivity contribution in [3.05, 3.63) is 23.3 Å². The minimum absolute atomic E-state index is 0.0237. The van der Waals surface area contributed by atoms with Crippen LogP contribution in [-0.2, 0) is 28.7 Å². The van der Waals surface area contributed by atoms with Crippen LogP contribution in [0, 0.1) is 0 Å². The zero-order valence-corrected chi connectivity index (χ0v) is 11.5. The highest BCUT2D eigenvalue weighted by Gasteiger charge is 2.32. The SMILES string of the molecule is COC(=O)C=CC(=O)OCCN1C(=O)C(C)=C(C)C1=O. The molecular formula is C13H15NO6. The van der Waals surface area contributed by atoms with Crippen LogP contribution in [0.25, 0.3) is 0 Å². The maximum absolute atomic E-state index is 11.7. The van der Waals surface area contributed by atoms with E-state index in [1.807, 2.05) is 0 Å². The number of carbonyl (C=O) groups is 4. The number of carbonyl (C=O) groups excluding carboxylic acids is 4. The fourth-order valence-electron chi connectivity index (χ4n) is 1.51. The summed E-state index contributed by atoms with van der Waals surface area (Å²) in [6, 6.07) is 0. The van der Waals surface area contributed by atoms with Gasteiger partial charge >= 0.3 is 11.9 Å². The third-order valence-electron chi connectivity index (χ3n) is 2.81. The van der Waals surface area contributed by atoms with Crippen LogP contribution in [0.3, 0.4) is 0 Å². The molecular weight excluding hydrogens is 266 g/mol. The number of rotatable bonds is 5. The standard InChI is InChI=1S/C13H15NO6/c1-8-9(2)13(18)14(12(8)17)6-7-20-11(16)5-4-10(15)19-3/h4-5H,6-7H2,1-3H3. The molecule has 0 saturated heterocycles. The van der Waals surface area contributed by atoms with Crippen LogP contribution in [0.5, 0.6) is 0 Å². The number of amides is 2. The molecule has 1 rings (SSSR count). The molecule has 20 heavy (non-hydrogen) atoms. The molecule has 0 radical (unpaired) electrons. The predicted octanol–water partition coefficient (Wildman–Crippen LogP) is -0.0360. The summed E-state index contributed by atoms with van der Waals surface area (Å²) >= 11 is 0. The van der Waals surface area contributed by atoms with Gasteiger partial charge in [-0.2, -0.15) is 0 Å². The van der Waals surface area contributed by atoms with Crippen molar-refractivity contribution in [2.75, 3.05) is 20.3 Å². The van der Waals surface area contributed by atoms with Gasteiger partial charge in [-0.15, -0.1) is 0 Å². The lowest BCUT2D eigenvalue weighted by Gasteiger charge is -2.14. The van der Waals surface area contributed by atoms with Gasteiger partial charge in [0.25, 0.3) is 11.8 Å². The molecule has 0 aliphatic carbocycles. The molecule has 0 atom stereocenters. The Hall–Kier alpha value is -2.44. The molecule has 0 N–H and O–H groups in total. The Morgan fingerprint density at radius 3 is 2.05 bits per heavy atom. The first-order valence-electron chi connectivity index (χ1n) is 5.85. The molecule has 0 bridgehead atoms. The average Bonchev–Trinajstić information content (AvgIpc) is 2.62. The third kappa shape index (κ3) is 3.53. The molecule has 0 aromatic carbocycles. The van der Waals surface area contributed by atoms with Crippen LogP contribution in [0.2, 0.25) is 0 Å². The van der Waals surface area contributed by atoms with Crippen molar-refractivity contribution in [2.45, 2.75) is 13.8 Å². The molecule has 1 aliphatic rings. The van der Waals surface area contributed by atoms with Gasteiger partial charge in [0.2, 0.25) is 0 Å². The van der Waals surface area contributed by atoms with E-state index in [1.54, 1.807) is 13.8 Å². The topological polar surface area (TPSA) is 90.0 Å². The van der Waals surface area contributed by atoms with Crippen LogP contribution < -0.4 is 0 Å². The van der Waals surface area contributed by atoms with Crippen molar-refractivity contribution in [3.8, 4) is 0 Å². The Bertz CT molecular complexity index is 493. The normalized spacial score (nSPS) is 15.2. The quantitative estimate of drug-likeness (QED) is 0.399. The molecule has 7 heteroatoms. The smallest absolute Gasteiger partial charge is 0.331 e. The van der Waals surface area contributed by atoms with Gasteiger partial charge in [0.05, 0.1) is 13.7 Å². The van der Waals surface area contributed by atoms with E-state index < -0.39 is 11.9 Å². The second-order valence-electron chi connectivity index (χ2n) is 4.04. The summed E-state index contributed by atoms with van der Waals surface area (Å²) in [6.45, 7) is 2.98. The van der Waals surface area contributed by atoms with Crippen LogP contribution in [-0.4, -0.2) is 48.9 Å². The number of hydrogen-bond acceptors (Lipinski definition) is 6. The van der Waals surface area contributed by atoms with Gasteiger partial charge < -0.3 is 9.47 Å². The Morgan fingerprint density at radius 2 is 1.55 bits per heavy atom. The summed E-state index contributed by atoms with van der Waals surface area (Å²) in [6.07, 6.45) is 1.83. The van der Waals surface area contributed by atoms with Crippen LogP contribution >= 0.6 is 0 Å². The molecule has 1 aliphatic heterocycles. The Balaban J connectivity index is 2.41. The molecule has 0 unspecified atom stereocenters. The van der Waals surface area contributed by atoms with E-state index in [0.717, 1.165) is 17.1 Å². The molecule has 0 fully saturated rings. The zero-order chi connectivity index (χ0) is 15.3. The maximum Gasteiger partial charge on any atom is 0.331 e. The molecule has 1 heterocycles. The molecule has 0 saturated carbocycles. The summed E-state index contributed by atoms with van der Waals surface area (Å²) < 4.78 is 9.07. The number of ether oxygens (including phenoxy) is 2. The number of methoxy groups -OCH3 is 1. The van der Waals surface area contributed by atoms with E-state index in [4.69, 9.17) is 4.74 Å². The summed E-state index contributed by atoms with van der Waals surface area (Å²) in [5, 5.41) is 0. The number of esters is 2. The number of imide groups is 1. The van der Waals surface area contributed by atoms with E-state index in [0.29, 0.717) is 11.1 Å². The molecule has 0 aromatic rings. The Kier molecular flexibility index (Phi) is 5.19. The summed E-state index contributed by atoms with van der Waals surface area (Å²) in [4.78, 5) is 46.3. The lowest BCUT2D eigenvalue weighted by Crippen LogP contribution is -2.34. The fraction of sp³-hybridized carbons (Fsp3) is 0.385. The van der Waals surface area contributed by atoms with Gasteiger partial charge in [0, 0.05) is 23.3 Å². The highest BCUT2D eigenvalue weighted by atomic mass is 16.5. The average molecular weight is 281 g/mol. The van der Waals surface area contributed by atoms with E-state index >= 15 is 0 Å². The fourth-order valence-corrected chi connectivity index (χ4v) is 1.51. The molecule has 108 valence electrons. The van der Waals surface area contributed by atoms with E-state index in [9.17, 15) is 19.2 Å². The first-order chi connectivity index (χ1) is 9.38. The van der Waals surface area contributed by atoms with Crippen molar-refractivity contribution in [1.82, 2.24) is 4.90 Å². The Labute approximate surface area is 115 Å². The molecule has 7 nitrogen and oxygen atoms in total. The maximum atomic E-state index is 11.7. The first kappa shape index (κ1) is 15.6. The van der Waals surface area contributed by atoms with Crippen LogP contribution in [0.4, 0.5) is 0 Å². The second kappa shape index (κ2) is 6.65. The van der Waals surface area contributed by atoms with Gasteiger partial charge in [0.15, 0.2) is 0 Å². The van der Waals surface area contributed by atoms with Crippen molar-refractivity contribution in [2.24, 2.45) is 0 Å². The van der Waals surface area contributed by atoms with E-state index in [-0.39, 0.29) is 25.0 Å². The Morgan fingerprint density at radius 1 is 1.05 bits per heavy atom. The van der Waals surface area contributed by atoms with Crippen molar-refractivity contribution >= 4 is 23.8 Å². The van der Waals surface area contributed by atoms with E-state index in [1.165, 1.54) is 7.11 Å². The number of nitrogens with zero attached hydrogens (tertiary/aromatic N) is 1. The highest BCUT2D eigenvalue weighted by molar-refractivity contribution is 6.18. The predicted molar refractivity (Wildman–Crippen MR) is 67.2 cm³/mol. The van der Waals surface area contributed by atoms with Crippen molar-refractivity contribution in [1.29, 1.82) is 0 Å². The minimum atomic E-state index is -0.754. The minimum Gasteiger partial charge on any atom is -0.466 e. The van der Waals surface area contributed by atoms with Gasteiger partial charge in [-0.3, -0.25) is 14.5 Å². The lowest BCUT2D eigenvalue weighted by molar-refractivity contribution is -0.144. The second-order valence-corrected chi connectivity index (χ2v) is 4.04. The van der Waals surface area contributed by atoms with Gasteiger partial charge in [-0.25, -0.2) is 9.59 Å². The molecule has 0 aromatic heterocycles. The van der Waals surface area contributed by atoms with E-state index in [2.05, 4.69) is 4.74 Å². The van der Waals surface area contributed by atoms with Gasteiger partial charge in [-0.1, -0.05) is 0 Å². The lowest BCUT2D eigenvalue weighted by atomic mass is 10.2.